The van der Waals surface area contributed by atoms with Gasteiger partial charge in [0.05, 0.1) is 5.56 Å². The monoisotopic (exact) mass is 343 g/mol. The van der Waals surface area contributed by atoms with Gasteiger partial charge < -0.3 is 10.1 Å². The molecule has 0 aliphatic carbocycles. The zero-order chi connectivity index (χ0) is 18.2. The van der Waals surface area contributed by atoms with Crippen molar-refractivity contribution < 1.29 is 18.7 Å². The molecular weight excluding hydrogens is 321 g/mol. The number of carbonyl (C=O) groups is 2. The van der Waals surface area contributed by atoms with E-state index < -0.39 is 17.9 Å². The quantitative estimate of drug-likeness (QED) is 0.780. The molecule has 2 atom stereocenters. The predicted molar refractivity (Wildman–Crippen MR) is 93.8 cm³/mol. The summed E-state index contributed by atoms with van der Waals surface area (Å²) in [5.74, 6) is -1.44. The Morgan fingerprint density at radius 1 is 1.12 bits per heavy atom. The van der Waals surface area contributed by atoms with Crippen molar-refractivity contribution in [3.8, 4) is 0 Å². The van der Waals surface area contributed by atoms with E-state index in [0.717, 1.165) is 18.1 Å². The number of ether oxygens (including phenoxy) is 1. The van der Waals surface area contributed by atoms with Crippen molar-refractivity contribution in [1.82, 2.24) is 5.32 Å². The summed E-state index contributed by atoms with van der Waals surface area (Å²) in [4.78, 5) is 24.1. The molecule has 1 amide bonds. The van der Waals surface area contributed by atoms with Gasteiger partial charge in [-0.2, -0.15) is 0 Å². The van der Waals surface area contributed by atoms with E-state index in [4.69, 9.17) is 4.74 Å². The molecule has 2 rings (SSSR count). The molecule has 5 heteroatoms. The van der Waals surface area contributed by atoms with Gasteiger partial charge in [-0.05, 0) is 37.1 Å². The van der Waals surface area contributed by atoms with Gasteiger partial charge in [0.15, 0.2) is 6.10 Å². The molecule has 2 aromatic rings. The van der Waals surface area contributed by atoms with E-state index >= 15 is 0 Å². The molecule has 0 fully saturated rings. The maximum Gasteiger partial charge on any atom is 0.339 e. The average molecular weight is 343 g/mol. The normalized spacial score (nSPS) is 12.9. The molecule has 0 aliphatic heterocycles. The Kier molecular flexibility index (Phi) is 6.69. The number of carbonyl (C=O) groups excluding carboxylic acids is 2. The number of nitrogens with one attached hydrogen (secondary N) is 1. The third-order valence-electron chi connectivity index (χ3n) is 4.00. The molecule has 0 heterocycles. The Morgan fingerprint density at radius 2 is 1.84 bits per heavy atom. The summed E-state index contributed by atoms with van der Waals surface area (Å²) in [5, 5.41) is 2.81. The summed E-state index contributed by atoms with van der Waals surface area (Å²) in [7, 11) is 0. The Balaban J connectivity index is 1.88. The molecule has 0 radical (unpaired) electrons. The summed E-state index contributed by atoms with van der Waals surface area (Å²) in [6, 6.07) is 15.1. The van der Waals surface area contributed by atoms with Crippen LogP contribution in [-0.2, 0) is 9.53 Å². The smallest absolute Gasteiger partial charge is 0.339 e. The standard InChI is InChI=1S/C20H22FNO3/c1-3-15(16-8-5-4-6-9-16)13-22-19(23)14(2)25-20(24)17-10-7-11-18(21)12-17/h4-12,14-15H,3,13H2,1-2H3,(H,22,23)/t14-,15-/m1/s1. The lowest BCUT2D eigenvalue weighted by molar-refractivity contribution is -0.129. The minimum Gasteiger partial charge on any atom is -0.449 e. The van der Waals surface area contributed by atoms with Gasteiger partial charge in [0.2, 0.25) is 0 Å². The van der Waals surface area contributed by atoms with E-state index in [1.165, 1.54) is 25.1 Å². The van der Waals surface area contributed by atoms with E-state index in [0.29, 0.717) is 6.54 Å². The Morgan fingerprint density at radius 3 is 2.48 bits per heavy atom. The van der Waals surface area contributed by atoms with Crippen LogP contribution in [0.3, 0.4) is 0 Å². The van der Waals surface area contributed by atoms with Crippen molar-refractivity contribution in [3.63, 3.8) is 0 Å². The van der Waals surface area contributed by atoms with Gasteiger partial charge in [-0.25, -0.2) is 9.18 Å². The van der Waals surface area contributed by atoms with Crippen LogP contribution in [0.4, 0.5) is 4.39 Å². The van der Waals surface area contributed by atoms with Crippen molar-refractivity contribution in [1.29, 1.82) is 0 Å². The van der Waals surface area contributed by atoms with Crippen LogP contribution in [-0.4, -0.2) is 24.5 Å². The van der Waals surface area contributed by atoms with Crippen LogP contribution >= 0.6 is 0 Å². The highest BCUT2D eigenvalue weighted by Crippen LogP contribution is 2.18. The van der Waals surface area contributed by atoms with E-state index in [2.05, 4.69) is 12.2 Å². The number of hydrogen-bond acceptors (Lipinski definition) is 3. The summed E-state index contributed by atoms with van der Waals surface area (Å²) in [6.07, 6.45) is -0.0778. The number of hydrogen-bond donors (Lipinski definition) is 1. The Bertz CT molecular complexity index is 718. The van der Waals surface area contributed by atoms with Crippen LogP contribution in [0.1, 0.15) is 42.1 Å². The van der Waals surface area contributed by atoms with Gasteiger partial charge >= 0.3 is 5.97 Å². The third kappa shape index (κ3) is 5.41. The van der Waals surface area contributed by atoms with Crippen LogP contribution in [0.15, 0.2) is 54.6 Å². The van der Waals surface area contributed by atoms with Crippen molar-refractivity contribution in [2.45, 2.75) is 32.3 Å². The predicted octanol–water partition coefficient (Wildman–Crippen LogP) is 3.68. The van der Waals surface area contributed by atoms with Crippen LogP contribution in [0.5, 0.6) is 0 Å². The van der Waals surface area contributed by atoms with E-state index in [9.17, 15) is 14.0 Å². The molecule has 0 bridgehead atoms. The first-order valence-electron chi connectivity index (χ1n) is 8.30. The molecule has 132 valence electrons. The second-order valence-corrected chi connectivity index (χ2v) is 5.82. The summed E-state index contributed by atoms with van der Waals surface area (Å²) >= 11 is 0. The first-order chi connectivity index (χ1) is 12.0. The number of rotatable bonds is 7. The maximum absolute atomic E-state index is 13.1. The molecular formula is C20H22FNO3. The molecule has 0 saturated heterocycles. The highest BCUT2D eigenvalue weighted by Gasteiger charge is 2.20. The fourth-order valence-corrected chi connectivity index (χ4v) is 2.49. The molecule has 4 nitrogen and oxygen atoms in total. The summed E-state index contributed by atoms with van der Waals surface area (Å²) < 4.78 is 18.3. The number of benzene rings is 2. The third-order valence-corrected chi connectivity index (χ3v) is 4.00. The van der Waals surface area contributed by atoms with Gasteiger partial charge in [0.1, 0.15) is 5.82 Å². The Hall–Kier alpha value is -2.69. The van der Waals surface area contributed by atoms with Crippen LogP contribution in [0.2, 0.25) is 0 Å². The first-order valence-corrected chi connectivity index (χ1v) is 8.30. The number of amides is 1. The van der Waals surface area contributed by atoms with Gasteiger partial charge in [-0.1, -0.05) is 43.3 Å². The second-order valence-electron chi connectivity index (χ2n) is 5.82. The van der Waals surface area contributed by atoms with Gasteiger partial charge in [0.25, 0.3) is 5.91 Å². The van der Waals surface area contributed by atoms with Gasteiger partial charge in [-0.15, -0.1) is 0 Å². The fraction of sp³-hybridized carbons (Fsp3) is 0.300. The molecule has 0 saturated carbocycles. The zero-order valence-corrected chi connectivity index (χ0v) is 14.4. The van der Waals surface area contributed by atoms with Crippen LogP contribution < -0.4 is 5.32 Å². The van der Waals surface area contributed by atoms with Crippen molar-refractivity contribution in [2.75, 3.05) is 6.54 Å². The lowest BCUT2D eigenvalue weighted by Gasteiger charge is -2.18. The topological polar surface area (TPSA) is 55.4 Å². The number of halogens is 1. The molecule has 0 aromatic heterocycles. The lowest BCUT2D eigenvalue weighted by atomic mass is 9.96. The molecule has 2 aromatic carbocycles. The van der Waals surface area contributed by atoms with E-state index in [1.54, 1.807) is 0 Å². The largest absolute Gasteiger partial charge is 0.449 e. The summed E-state index contributed by atoms with van der Waals surface area (Å²) in [6.45, 7) is 4.01. The first kappa shape index (κ1) is 18.6. The van der Waals surface area contributed by atoms with Crippen molar-refractivity contribution in [3.05, 3.63) is 71.5 Å². The fourth-order valence-electron chi connectivity index (χ4n) is 2.49. The Labute approximate surface area is 147 Å². The maximum atomic E-state index is 13.1. The average Bonchev–Trinajstić information content (AvgIpc) is 2.62. The van der Waals surface area contributed by atoms with Crippen LogP contribution in [0, 0.1) is 5.82 Å². The molecule has 0 unspecified atom stereocenters. The SMILES string of the molecule is CC[C@H](CNC(=O)[C@@H](C)OC(=O)c1cccc(F)c1)c1ccccc1. The second kappa shape index (κ2) is 8.97. The number of esters is 1. The molecule has 1 N–H and O–H groups in total. The van der Waals surface area contributed by atoms with Gasteiger partial charge in [0, 0.05) is 12.5 Å². The summed E-state index contributed by atoms with van der Waals surface area (Å²) in [5.41, 5.74) is 1.23. The highest BCUT2D eigenvalue weighted by atomic mass is 19.1. The molecule has 0 aliphatic rings. The van der Waals surface area contributed by atoms with Gasteiger partial charge in [-0.3, -0.25) is 4.79 Å². The van der Waals surface area contributed by atoms with E-state index in [-0.39, 0.29) is 17.4 Å². The molecule has 0 spiro atoms. The van der Waals surface area contributed by atoms with Crippen LogP contribution in [0.25, 0.3) is 0 Å². The van der Waals surface area contributed by atoms with E-state index in [1.807, 2.05) is 30.3 Å². The van der Waals surface area contributed by atoms with Crippen molar-refractivity contribution >= 4 is 11.9 Å². The molecule has 25 heavy (non-hydrogen) atoms. The highest BCUT2D eigenvalue weighted by molar-refractivity contribution is 5.92. The van der Waals surface area contributed by atoms with Crippen molar-refractivity contribution in [2.24, 2.45) is 0 Å². The zero-order valence-electron chi connectivity index (χ0n) is 14.4. The lowest BCUT2D eigenvalue weighted by Crippen LogP contribution is -2.38. The minimum atomic E-state index is -0.955. The minimum absolute atomic E-state index is 0.0790.